The number of hydrogen-bond acceptors (Lipinski definition) is 5. The van der Waals surface area contributed by atoms with E-state index in [0.29, 0.717) is 5.92 Å². The number of nitrogens with one attached hydrogen (secondary N) is 1. The van der Waals surface area contributed by atoms with E-state index in [0.717, 1.165) is 66.5 Å². The van der Waals surface area contributed by atoms with E-state index in [1.807, 2.05) is 71.5 Å². The van der Waals surface area contributed by atoms with Gasteiger partial charge in [0, 0.05) is 18.8 Å². The number of fused-ring (bicyclic) bond motifs is 1. The quantitative estimate of drug-likeness (QED) is 0.336. The van der Waals surface area contributed by atoms with Crippen LogP contribution in [0.2, 0.25) is 0 Å². The standard InChI is InChI=1S/C29H28N6/c1-4-10-22(11-5-1)20-23-16-18-34(19-17-23)29-32-27(31-24-12-6-2-7-13-24)26-21-30-35(28(26)33-29)25-14-8-3-9-15-25/h1-15,21,23H,16-20H2,(H,31,32,33). The Bertz CT molecular complexity index is 1390. The van der Waals surface area contributed by atoms with E-state index in [2.05, 4.69) is 45.6 Å². The number of anilines is 3. The largest absolute Gasteiger partial charge is 0.341 e. The second-order valence-corrected chi connectivity index (χ2v) is 9.11. The van der Waals surface area contributed by atoms with Crippen LogP contribution in [-0.4, -0.2) is 32.8 Å². The highest BCUT2D eigenvalue weighted by molar-refractivity contribution is 5.90. The Morgan fingerprint density at radius 3 is 2.14 bits per heavy atom. The molecule has 1 aliphatic heterocycles. The molecular formula is C29H28N6. The van der Waals surface area contributed by atoms with Gasteiger partial charge in [0.05, 0.1) is 17.3 Å². The Hall–Kier alpha value is -4.19. The van der Waals surface area contributed by atoms with Gasteiger partial charge in [0.1, 0.15) is 5.82 Å². The molecule has 3 aromatic carbocycles. The summed E-state index contributed by atoms with van der Waals surface area (Å²) in [5.41, 5.74) is 4.21. The monoisotopic (exact) mass is 460 g/mol. The SMILES string of the molecule is c1ccc(CC2CCN(c3nc(Nc4ccccc4)c4cnn(-c5ccccc5)c4n3)CC2)cc1. The number of hydrogen-bond donors (Lipinski definition) is 1. The third-order valence-electron chi connectivity index (χ3n) is 6.72. The minimum absolute atomic E-state index is 0.689. The average molecular weight is 461 g/mol. The molecule has 0 spiro atoms. The fourth-order valence-electron chi connectivity index (χ4n) is 4.83. The summed E-state index contributed by atoms with van der Waals surface area (Å²) in [4.78, 5) is 12.3. The highest BCUT2D eigenvalue weighted by Crippen LogP contribution is 2.30. The van der Waals surface area contributed by atoms with Gasteiger partial charge in [0.15, 0.2) is 5.65 Å². The lowest BCUT2D eigenvalue weighted by molar-refractivity contribution is 0.401. The maximum absolute atomic E-state index is 5.02. The molecular weight excluding hydrogens is 432 g/mol. The first-order chi connectivity index (χ1) is 17.3. The molecule has 174 valence electrons. The highest BCUT2D eigenvalue weighted by atomic mass is 15.3. The third-order valence-corrected chi connectivity index (χ3v) is 6.72. The van der Waals surface area contributed by atoms with E-state index < -0.39 is 0 Å². The van der Waals surface area contributed by atoms with Crippen LogP contribution in [0.3, 0.4) is 0 Å². The van der Waals surface area contributed by atoms with E-state index in [1.165, 1.54) is 5.56 Å². The van der Waals surface area contributed by atoms with E-state index in [-0.39, 0.29) is 0 Å². The van der Waals surface area contributed by atoms with Crippen molar-refractivity contribution in [1.29, 1.82) is 0 Å². The van der Waals surface area contributed by atoms with E-state index in [4.69, 9.17) is 9.97 Å². The molecule has 1 aliphatic rings. The molecule has 5 aromatic rings. The minimum atomic E-state index is 0.689. The first-order valence-corrected chi connectivity index (χ1v) is 12.3. The molecule has 1 N–H and O–H groups in total. The van der Waals surface area contributed by atoms with E-state index in [1.54, 1.807) is 0 Å². The van der Waals surface area contributed by atoms with Crippen LogP contribution in [0.1, 0.15) is 18.4 Å². The van der Waals surface area contributed by atoms with Gasteiger partial charge in [-0.2, -0.15) is 15.1 Å². The van der Waals surface area contributed by atoms with Crippen LogP contribution in [-0.2, 0) is 6.42 Å². The Morgan fingerprint density at radius 2 is 1.43 bits per heavy atom. The summed E-state index contributed by atoms with van der Waals surface area (Å²) >= 11 is 0. The molecule has 0 aliphatic carbocycles. The minimum Gasteiger partial charge on any atom is -0.341 e. The molecule has 1 saturated heterocycles. The maximum atomic E-state index is 5.02. The van der Waals surface area contributed by atoms with Gasteiger partial charge in [-0.15, -0.1) is 0 Å². The molecule has 6 nitrogen and oxygen atoms in total. The lowest BCUT2D eigenvalue weighted by Gasteiger charge is -2.32. The van der Waals surface area contributed by atoms with Gasteiger partial charge in [-0.3, -0.25) is 0 Å². The molecule has 3 heterocycles. The van der Waals surface area contributed by atoms with Crippen molar-refractivity contribution in [2.24, 2.45) is 5.92 Å². The van der Waals surface area contributed by atoms with Crippen LogP contribution in [0.25, 0.3) is 16.7 Å². The fraction of sp³-hybridized carbons (Fsp3) is 0.207. The van der Waals surface area contributed by atoms with Gasteiger partial charge >= 0.3 is 0 Å². The van der Waals surface area contributed by atoms with Crippen molar-refractivity contribution in [3.8, 4) is 5.69 Å². The smallest absolute Gasteiger partial charge is 0.229 e. The van der Waals surface area contributed by atoms with Gasteiger partial charge in [-0.05, 0) is 55.0 Å². The summed E-state index contributed by atoms with van der Waals surface area (Å²) in [6.45, 7) is 1.90. The number of aromatic nitrogens is 4. The second kappa shape index (κ2) is 9.58. The van der Waals surface area contributed by atoms with Gasteiger partial charge in [0.2, 0.25) is 5.95 Å². The predicted molar refractivity (Wildman–Crippen MR) is 141 cm³/mol. The summed E-state index contributed by atoms with van der Waals surface area (Å²) < 4.78 is 1.90. The van der Waals surface area contributed by atoms with Crippen molar-refractivity contribution in [3.63, 3.8) is 0 Å². The third kappa shape index (κ3) is 4.60. The molecule has 6 heteroatoms. The summed E-state index contributed by atoms with van der Waals surface area (Å²) in [5.74, 6) is 2.23. The lowest BCUT2D eigenvalue weighted by Crippen LogP contribution is -2.35. The van der Waals surface area contributed by atoms with Crippen LogP contribution >= 0.6 is 0 Å². The van der Waals surface area contributed by atoms with E-state index >= 15 is 0 Å². The molecule has 2 aromatic heterocycles. The molecule has 35 heavy (non-hydrogen) atoms. The summed E-state index contributed by atoms with van der Waals surface area (Å²) in [7, 11) is 0. The zero-order valence-corrected chi connectivity index (χ0v) is 19.6. The molecule has 0 unspecified atom stereocenters. The Balaban J connectivity index is 1.31. The van der Waals surface area contributed by atoms with Crippen LogP contribution in [0, 0.1) is 5.92 Å². The van der Waals surface area contributed by atoms with Crippen LogP contribution in [0.15, 0.2) is 97.2 Å². The number of benzene rings is 3. The molecule has 0 radical (unpaired) electrons. The van der Waals surface area contributed by atoms with Gasteiger partial charge < -0.3 is 10.2 Å². The summed E-state index contributed by atoms with van der Waals surface area (Å²) in [5, 5.41) is 9.07. The van der Waals surface area contributed by atoms with Crippen molar-refractivity contribution < 1.29 is 0 Å². The zero-order valence-electron chi connectivity index (χ0n) is 19.6. The van der Waals surface area contributed by atoms with Crippen LogP contribution in [0.5, 0.6) is 0 Å². The van der Waals surface area contributed by atoms with Crippen LogP contribution < -0.4 is 10.2 Å². The summed E-state index contributed by atoms with van der Waals surface area (Å²) in [6.07, 6.45) is 5.25. The Labute approximate surface area is 205 Å². The Kier molecular flexibility index (Phi) is 5.85. The van der Waals surface area contributed by atoms with E-state index in [9.17, 15) is 0 Å². The van der Waals surface area contributed by atoms with Gasteiger partial charge in [-0.1, -0.05) is 66.7 Å². The van der Waals surface area contributed by atoms with Gasteiger partial charge in [-0.25, -0.2) is 4.68 Å². The van der Waals surface area contributed by atoms with Crippen molar-refractivity contribution in [2.75, 3.05) is 23.3 Å². The molecule has 0 saturated carbocycles. The van der Waals surface area contributed by atoms with Crippen LogP contribution in [0.4, 0.5) is 17.5 Å². The molecule has 6 rings (SSSR count). The molecule has 0 atom stereocenters. The molecule has 0 bridgehead atoms. The second-order valence-electron chi connectivity index (χ2n) is 9.11. The lowest BCUT2D eigenvalue weighted by atomic mass is 9.90. The van der Waals surface area contributed by atoms with Crippen molar-refractivity contribution in [1.82, 2.24) is 19.7 Å². The highest BCUT2D eigenvalue weighted by Gasteiger charge is 2.23. The summed E-state index contributed by atoms with van der Waals surface area (Å²) in [6, 6.07) is 31.1. The van der Waals surface area contributed by atoms with Gasteiger partial charge in [0.25, 0.3) is 0 Å². The predicted octanol–water partition coefficient (Wildman–Crippen LogP) is 6.02. The maximum Gasteiger partial charge on any atom is 0.229 e. The fourth-order valence-corrected chi connectivity index (χ4v) is 4.83. The first kappa shape index (κ1) is 21.4. The van der Waals surface area contributed by atoms with Crippen molar-refractivity contribution >= 4 is 28.5 Å². The average Bonchev–Trinajstić information content (AvgIpc) is 3.35. The molecule has 1 fully saturated rings. The zero-order chi connectivity index (χ0) is 23.5. The first-order valence-electron chi connectivity index (χ1n) is 12.3. The number of para-hydroxylation sites is 2. The van der Waals surface area contributed by atoms with Crippen molar-refractivity contribution in [2.45, 2.75) is 19.3 Å². The normalized spacial score (nSPS) is 14.3. The topological polar surface area (TPSA) is 58.9 Å². The number of nitrogens with zero attached hydrogens (tertiary/aromatic N) is 5. The Morgan fingerprint density at radius 1 is 0.771 bits per heavy atom. The van der Waals surface area contributed by atoms with Crippen molar-refractivity contribution in [3.05, 3.63) is 103 Å². The molecule has 0 amide bonds. The number of piperidine rings is 1. The number of rotatable bonds is 6.